The minimum atomic E-state index is 0.247. The highest BCUT2D eigenvalue weighted by molar-refractivity contribution is 4.72. The van der Waals surface area contributed by atoms with E-state index in [1.807, 2.05) is 0 Å². The van der Waals surface area contributed by atoms with Crippen LogP contribution in [-0.2, 0) is 18.9 Å². The second kappa shape index (κ2) is 9.78. The molecule has 1 aliphatic carbocycles. The van der Waals surface area contributed by atoms with E-state index in [0.29, 0.717) is 18.4 Å². The molecule has 0 bridgehead atoms. The fraction of sp³-hybridized carbons (Fsp3) is 1.00. The van der Waals surface area contributed by atoms with Gasteiger partial charge < -0.3 is 18.9 Å². The van der Waals surface area contributed by atoms with Crippen LogP contribution in [0.2, 0.25) is 0 Å². The summed E-state index contributed by atoms with van der Waals surface area (Å²) < 4.78 is 22.5. The summed E-state index contributed by atoms with van der Waals surface area (Å²) in [6, 6.07) is 0. The van der Waals surface area contributed by atoms with Crippen molar-refractivity contribution in [2.75, 3.05) is 46.8 Å². The number of methoxy groups -OCH3 is 1. The second-order valence-electron chi connectivity index (χ2n) is 6.79. The highest BCUT2D eigenvalue weighted by atomic mass is 16.5. The fourth-order valence-corrected chi connectivity index (χ4v) is 2.77. The van der Waals surface area contributed by atoms with Crippen LogP contribution in [0.4, 0.5) is 0 Å². The van der Waals surface area contributed by atoms with E-state index in [2.05, 4.69) is 6.92 Å². The van der Waals surface area contributed by atoms with E-state index < -0.39 is 0 Å². The van der Waals surface area contributed by atoms with Gasteiger partial charge in [0, 0.05) is 40.1 Å². The molecule has 1 saturated heterocycles. The number of hydrogen-bond donors (Lipinski definition) is 0. The molecule has 124 valence electrons. The van der Waals surface area contributed by atoms with Crippen LogP contribution in [0.3, 0.4) is 0 Å². The zero-order chi connectivity index (χ0) is 14.9. The van der Waals surface area contributed by atoms with Gasteiger partial charge in [-0.3, -0.25) is 0 Å². The fourth-order valence-electron chi connectivity index (χ4n) is 2.77. The van der Waals surface area contributed by atoms with Crippen molar-refractivity contribution < 1.29 is 18.9 Å². The van der Waals surface area contributed by atoms with Gasteiger partial charge in [0.05, 0.1) is 12.7 Å². The lowest BCUT2D eigenvalue weighted by atomic mass is 9.97. The van der Waals surface area contributed by atoms with Gasteiger partial charge in [-0.15, -0.1) is 0 Å². The Hall–Kier alpha value is -0.160. The molecule has 2 rings (SSSR count). The average molecular weight is 300 g/mol. The normalized spacial score (nSPS) is 27.7. The predicted octanol–water partition coefficient (Wildman–Crippen LogP) is 2.90. The van der Waals surface area contributed by atoms with Gasteiger partial charge in [-0.05, 0) is 49.9 Å². The maximum atomic E-state index is 5.83. The quantitative estimate of drug-likeness (QED) is 0.550. The highest BCUT2D eigenvalue weighted by Gasteiger charge is 2.23. The molecule has 1 aliphatic heterocycles. The average Bonchev–Trinajstić information content (AvgIpc) is 3.29. The molecule has 0 radical (unpaired) electrons. The molecular formula is C17H32O4. The van der Waals surface area contributed by atoms with Gasteiger partial charge in [-0.2, -0.15) is 0 Å². The molecule has 1 heterocycles. The molecule has 3 atom stereocenters. The molecule has 0 N–H and O–H groups in total. The van der Waals surface area contributed by atoms with E-state index in [1.54, 1.807) is 7.11 Å². The maximum Gasteiger partial charge on any atom is 0.0812 e. The van der Waals surface area contributed by atoms with Crippen molar-refractivity contribution in [1.29, 1.82) is 0 Å². The Balaban J connectivity index is 1.45. The van der Waals surface area contributed by atoms with Crippen LogP contribution < -0.4 is 0 Å². The van der Waals surface area contributed by atoms with Gasteiger partial charge >= 0.3 is 0 Å². The minimum Gasteiger partial charge on any atom is -0.384 e. The van der Waals surface area contributed by atoms with Crippen LogP contribution in [0.25, 0.3) is 0 Å². The Kier molecular flexibility index (Phi) is 8.01. The van der Waals surface area contributed by atoms with E-state index in [0.717, 1.165) is 58.2 Å². The van der Waals surface area contributed by atoms with Gasteiger partial charge in [0.15, 0.2) is 0 Å². The Morgan fingerprint density at radius 3 is 2.67 bits per heavy atom. The Morgan fingerprint density at radius 1 is 1.05 bits per heavy atom. The third kappa shape index (κ3) is 7.59. The Bertz CT molecular complexity index is 266. The van der Waals surface area contributed by atoms with E-state index >= 15 is 0 Å². The van der Waals surface area contributed by atoms with E-state index in [4.69, 9.17) is 18.9 Å². The summed E-state index contributed by atoms with van der Waals surface area (Å²) in [6.45, 7) is 7.27. The van der Waals surface area contributed by atoms with Gasteiger partial charge in [0.1, 0.15) is 0 Å². The molecule has 0 amide bonds. The number of ether oxygens (including phenoxy) is 4. The van der Waals surface area contributed by atoms with Crippen LogP contribution in [0.5, 0.6) is 0 Å². The van der Waals surface area contributed by atoms with E-state index in [-0.39, 0.29) is 6.10 Å². The van der Waals surface area contributed by atoms with Crippen LogP contribution >= 0.6 is 0 Å². The monoisotopic (exact) mass is 300 g/mol. The van der Waals surface area contributed by atoms with Crippen LogP contribution in [0.1, 0.15) is 39.0 Å². The number of rotatable bonds is 11. The first-order chi connectivity index (χ1) is 10.3. The third-order valence-corrected chi connectivity index (χ3v) is 4.39. The van der Waals surface area contributed by atoms with Gasteiger partial charge in [0.25, 0.3) is 0 Å². The second-order valence-corrected chi connectivity index (χ2v) is 6.79. The van der Waals surface area contributed by atoms with Crippen molar-refractivity contribution in [2.45, 2.75) is 45.1 Å². The molecule has 2 fully saturated rings. The summed E-state index contributed by atoms with van der Waals surface area (Å²) in [5.41, 5.74) is 0. The molecule has 0 aromatic rings. The first kappa shape index (κ1) is 17.2. The molecule has 21 heavy (non-hydrogen) atoms. The molecule has 0 aromatic heterocycles. The van der Waals surface area contributed by atoms with Crippen LogP contribution in [0, 0.1) is 17.8 Å². The number of hydrogen-bond acceptors (Lipinski definition) is 4. The summed E-state index contributed by atoms with van der Waals surface area (Å²) in [7, 11) is 1.77. The van der Waals surface area contributed by atoms with Gasteiger partial charge in [-0.25, -0.2) is 0 Å². The lowest BCUT2D eigenvalue weighted by Crippen LogP contribution is -2.32. The smallest absolute Gasteiger partial charge is 0.0812 e. The first-order valence-corrected chi connectivity index (χ1v) is 8.54. The topological polar surface area (TPSA) is 36.9 Å². The third-order valence-electron chi connectivity index (χ3n) is 4.39. The van der Waals surface area contributed by atoms with E-state index in [9.17, 15) is 0 Å². The van der Waals surface area contributed by atoms with Gasteiger partial charge in [-0.1, -0.05) is 6.92 Å². The summed E-state index contributed by atoms with van der Waals surface area (Å²) in [5.74, 6) is 2.05. The Labute approximate surface area is 129 Å². The molecule has 1 saturated carbocycles. The van der Waals surface area contributed by atoms with E-state index in [1.165, 1.54) is 12.8 Å². The SMILES string of the molecule is COCC1CCOC(COCC(C)CCOCC2CC2)C1. The molecule has 4 heteroatoms. The first-order valence-electron chi connectivity index (χ1n) is 8.54. The molecule has 0 spiro atoms. The summed E-state index contributed by atoms with van der Waals surface area (Å²) in [5, 5.41) is 0. The summed E-state index contributed by atoms with van der Waals surface area (Å²) >= 11 is 0. The summed E-state index contributed by atoms with van der Waals surface area (Å²) in [4.78, 5) is 0. The summed E-state index contributed by atoms with van der Waals surface area (Å²) in [6.07, 6.45) is 6.24. The standard InChI is InChI=1S/C17H32O4/c1-14(5-7-19-12-15-3-4-15)10-20-13-17-9-16(11-18-2)6-8-21-17/h14-17H,3-13H2,1-2H3. The lowest BCUT2D eigenvalue weighted by Gasteiger charge is -2.29. The van der Waals surface area contributed by atoms with Crippen LogP contribution in [-0.4, -0.2) is 52.9 Å². The molecule has 2 aliphatic rings. The van der Waals surface area contributed by atoms with Gasteiger partial charge in [0.2, 0.25) is 0 Å². The largest absolute Gasteiger partial charge is 0.384 e. The molecule has 3 unspecified atom stereocenters. The van der Waals surface area contributed by atoms with Crippen molar-refractivity contribution in [3.63, 3.8) is 0 Å². The van der Waals surface area contributed by atoms with Crippen molar-refractivity contribution >= 4 is 0 Å². The van der Waals surface area contributed by atoms with Crippen molar-refractivity contribution in [1.82, 2.24) is 0 Å². The predicted molar refractivity (Wildman–Crippen MR) is 82.5 cm³/mol. The van der Waals surface area contributed by atoms with Crippen molar-refractivity contribution in [2.24, 2.45) is 17.8 Å². The Morgan fingerprint density at radius 2 is 1.90 bits per heavy atom. The zero-order valence-electron chi connectivity index (χ0n) is 13.7. The van der Waals surface area contributed by atoms with Crippen LogP contribution in [0.15, 0.2) is 0 Å². The van der Waals surface area contributed by atoms with Crippen molar-refractivity contribution in [3.05, 3.63) is 0 Å². The highest BCUT2D eigenvalue weighted by Crippen LogP contribution is 2.28. The zero-order valence-corrected chi connectivity index (χ0v) is 13.7. The van der Waals surface area contributed by atoms with Crippen molar-refractivity contribution in [3.8, 4) is 0 Å². The maximum absolute atomic E-state index is 5.83. The minimum absolute atomic E-state index is 0.247. The lowest BCUT2D eigenvalue weighted by molar-refractivity contribution is -0.0713. The molecular weight excluding hydrogens is 268 g/mol. The molecule has 0 aromatic carbocycles. The molecule has 4 nitrogen and oxygen atoms in total.